The Kier molecular flexibility index (Phi) is 4.14. The topological polar surface area (TPSA) is 44.8 Å². The third-order valence-electron chi connectivity index (χ3n) is 2.20. The van der Waals surface area contributed by atoms with Crippen LogP contribution in [0.5, 0.6) is 0 Å². The zero-order valence-electron chi connectivity index (χ0n) is 9.23. The Morgan fingerprint density at radius 2 is 1.79 bits per heavy atom. The molecule has 0 aromatic carbocycles. The second-order valence-corrected chi connectivity index (χ2v) is 5.66. The van der Waals surface area contributed by atoms with Gasteiger partial charge in [0, 0.05) is 0 Å². The van der Waals surface area contributed by atoms with Crippen LogP contribution < -0.4 is 0 Å². The molecule has 2 atom stereocenters. The van der Waals surface area contributed by atoms with Gasteiger partial charge in [0.25, 0.3) is 0 Å². The smallest absolute Gasteiger partial charge is 0.287 e. The maximum atomic E-state index is 11.7. The van der Waals surface area contributed by atoms with E-state index in [9.17, 15) is 4.57 Å². The summed E-state index contributed by atoms with van der Waals surface area (Å²) in [6.07, 6.45) is 0.555. The summed E-state index contributed by atoms with van der Waals surface area (Å²) in [5, 5.41) is 0. The maximum absolute atomic E-state index is 11.7. The average molecular weight is 222 g/mol. The molecule has 84 valence electrons. The van der Waals surface area contributed by atoms with Crippen molar-refractivity contribution in [2.45, 2.75) is 46.3 Å². The normalized spacial score (nSPS) is 38.1. The lowest BCUT2D eigenvalue weighted by molar-refractivity contribution is 0.170. The number of hydrogen-bond acceptors (Lipinski definition) is 4. The van der Waals surface area contributed by atoms with Crippen LogP contribution in [0.4, 0.5) is 0 Å². The average Bonchev–Trinajstić information content (AvgIpc) is 2.25. The highest BCUT2D eigenvalue weighted by Gasteiger charge is 2.41. The van der Waals surface area contributed by atoms with Gasteiger partial charge in [-0.1, -0.05) is 13.8 Å². The molecular formula is C9H19O4P. The van der Waals surface area contributed by atoms with Crippen molar-refractivity contribution in [2.75, 3.05) is 6.61 Å². The molecule has 0 aromatic rings. The summed E-state index contributed by atoms with van der Waals surface area (Å²) < 4.78 is 27.2. The number of phosphoric ester groups is 1. The standard InChI is InChI=1S/C9H19O4P/c1-7(2)5-6-11-14(10)12-8(3)9(4)13-14/h7-9H,5-6H2,1-4H3. The fraction of sp³-hybridized carbons (Fsp3) is 1.00. The molecule has 5 heteroatoms. The van der Waals surface area contributed by atoms with E-state index in [1.165, 1.54) is 0 Å². The van der Waals surface area contributed by atoms with Gasteiger partial charge in [-0.15, -0.1) is 0 Å². The molecule has 1 saturated heterocycles. The molecule has 0 saturated carbocycles. The summed E-state index contributed by atoms with van der Waals surface area (Å²) >= 11 is 0. The molecule has 4 nitrogen and oxygen atoms in total. The highest BCUT2D eigenvalue weighted by molar-refractivity contribution is 7.48. The van der Waals surface area contributed by atoms with E-state index in [-0.39, 0.29) is 12.2 Å². The third kappa shape index (κ3) is 3.35. The fourth-order valence-electron chi connectivity index (χ4n) is 1.06. The Morgan fingerprint density at radius 1 is 1.29 bits per heavy atom. The summed E-state index contributed by atoms with van der Waals surface area (Å²) in [7, 11) is -3.24. The first-order chi connectivity index (χ1) is 6.43. The lowest BCUT2D eigenvalue weighted by Crippen LogP contribution is -2.13. The Hall–Kier alpha value is 0.110. The lowest BCUT2D eigenvalue weighted by atomic mass is 10.2. The summed E-state index contributed by atoms with van der Waals surface area (Å²) in [6.45, 7) is 8.25. The van der Waals surface area contributed by atoms with E-state index in [2.05, 4.69) is 13.8 Å². The highest BCUT2D eigenvalue weighted by Crippen LogP contribution is 2.57. The van der Waals surface area contributed by atoms with Crippen molar-refractivity contribution in [2.24, 2.45) is 5.92 Å². The second kappa shape index (κ2) is 4.75. The summed E-state index contributed by atoms with van der Waals surface area (Å²) in [5.41, 5.74) is 0. The number of rotatable bonds is 4. The largest absolute Gasteiger partial charge is 0.475 e. The van der Waals surface area contributed by atoms with Crippen molar-refractivity contribution in [1.82, 2.24) is 0 Å². The minimum Gasteiger partial charge on any atom is -0.287 e. The van der Waals surface area contributed by atoms with Crippen molar-refractivity contribution in [3.63, 3.8) is 0 Å². The summed E-state index contributed by atoms with van der Waals surface area (Å²) in [6, 6.07) is 0. The molecule has 2 unspecified atom stereocenters. The van der Waals surface area contributed by atoms with Crippen molar-refractivity contribution in [1.29, 1.82) is 0 Å². The van der Waals surface area contributed by atoms with Crippen molar-refractivity contribution in [3.05, 3.63) is 0 Å². The molecule has 14 heavy (non-hydrogen) atoms. The van der Waals surface area contributed by atoms with Gasteiger partial charge in [0.05, 0.1) is 18.8 Å². The van der Waals surface area contributed by atoms with E-state index in [0.29, 0.717) is 12.5 Å². The Morgan fingerprint density at radius 3 is 2.21 bits per heavy atom. The highest BCUT2D eigenvalue weighted by atomic mass is 31.2. The Bertz CT molecular complexity index is 215. The van der Waals surface area contributed by atoms with Crippen LogP contribution >= 0.6 is 7.82 Å². The lowest BCUT2D eigenvalue weighted by Gasteiger charge is -2.11. The van der Waals surface area contributed by atoms with E-state index in [1.807, 2.05) is 13.8 Å². The predicted molar refractivity (Wildman–Crippen MR) is 54.1 cm³/mol. The maximum Gasteiger partial charge on any atom is 0.475 e. The van der Waals surface area contributed by atoms with E-state index in [1.54, 1.807) is 0 Å². The van der Waals surface area contributed by atoms with Crippen molar-refractivity contribution >= 4 is 7.82 Å². The van der Waals surface area contributed by atoms with Crippen LogP contribution in [0.15, 0.2) is 0 Å². The minimum absolute atomic E-state index is 0.153. The first-order valence-corrected chi connectivity index (χ1v) is 6.50. The van der Waals surface area contributed by atoms with Gasteiger partial charge in [-0.2, -0.15) is 0 Å². The minimum atomic E-state index is -3.24. The number of phosphoric acid groups is 1. The van der Waals surface area contributed by atoms with Crippen LogP contribution in [-0.2, 0) is 18.1 Å². The first kappa shape index (κ1) is 12.2. The van der Waals surface area contributed by atoms with Gasteiger partial charge < -0.3 is 0 Å². The van der Waals surface area contributed by atoms with Gasteiger partial charge in [-0.25, -0.2) is 4.57 Å². The van der Waals surface area contributed by atoms with Gasteiger partial charge in [-0.3, -0.25) is 13.6 Å². The Labute approximate surface area is 85.5 Å². The van der Waals surface area contributed by atoms with Gasteiger partial charge in [0.2, 0.25) is 0 Å². The van der Waals surface area contributed by atoms with Crippen LogP contribution in [0.1, 0.15) is 34.1 Å². The van der Waals surface area contributed by atoms with Gasteiger partial charge in [-0.05, 0) is 26.2 Å². The molecule has 0 radical (unpaired) electrons. The third-order valence-corrected chi connectivity index (χ3v) is 3.88. The van der Waals surface area contributed by atoms with Gasteiger partial charge in [0.1, 0.15) is 0 Å². The fourth-order valence-corrected chi connectivity index (χ4v) is 2.72. The molecule has 1 heterocycles. The SMILES string of the molecule is CC(C)CCOP1(=O)OC(C)C(C)O1. The predicted octanol–water partition coefficient (Wildman–Crippen LogP) is 2.98. The second-order valence-electron chi connectivity index (χ2n) is 4.08. The summed E-state index contributed by atoms with van der Waals surface area (Å²) in [4.78, 5) is 0. The molecule has 0 bridgehead atoms. The molecule has 1 aliphatic heterocycles. The van der Waals surface area contributed by atoms with E-state index >= 15 is 0 Å². The van der Waals surface area contributed by atoms with Crippen LogP contribution in [0, 0.1) is 5.92 Å². The molecule has 0 N–H and O–H groups in total. The molecule has 0 spiro atoms. The van der Waals surface area contributed by atoms with Crippen LogP contribution in [0.3, 0.4) is 0 Å². The summed E-state index contributed by atoms with van der Waals surface area (Å²) in [5.74, 6) is 0.527. The number of hydrogen-bond donors (Lipinski definition) is 0. The van der Waals surface area contributed by atoms with E-state index in [0.717, 1.165) is 6.42 Å². The Balaban J connectivity index is 2.34. The van der Waals surface area contributed by atoms with Crippen LogP contribution in [0.25, 0.3) is 0 Å². The van der Waals surface area contributed by atoms with Crippen LogP contribution in [0.2, 0.25) is 0 Å². The van der Waals surface area contributed by atoms with E-state index in [4.69, 9.17) is 13.6 Å². The molecular weight excluding hydrogens is 203 g/mol. The zero-order valence-corrected chi connectivity index (χ0v) is 10.1. The molecule has 1 aliphatic rings. The molecule has 1 rings (SSSR count). The van der Waals surface area contributed by atoms with Crippen molar-refractivity contribution < 1.29 is 18.1 Å². The molecule has 0 amide bonds. The zero-order chi connectivity index (χ0) is 10.8. The van der Waals surface area contributed by atoms with Gasteiger partial charge >= 0.3 is 7.82 Å². The van der Waals surface area contributed by atoms with Crippen molar-refractivity contribution in [3.8, 4) is 0 Å². The quantitative estimate of drug-likeness (QED) is 0.686. The van der Waals surface area contributed by atoms with Gasteiger partial charge in [0.15, 0.2) is 0 Å². The molecule has 0 aromatic heterocycles. The molecule has 0 aliphatic carbocycles. The first-order valence-electron chi connectivity index (χ1n) is 5.04. The van der Waals surface area contributed by atoms with E-state index < -0.39 is 7.82 Å². The molecule has 1 fully saturated rings. The monoisotopic (exact) mass is 222 g/mol. The van der Waals surface area contributed by atoms with Crippen LogP contribution in [-0.4, -0.2) is 18.8 Å².